The first-order chi connectivity index (χ1) is 11.2. The molecule has 0 saturated carbocycles. The van der Waals surface area contributed by atoms with E-state index >= 15 is 0 Å². The molecule has 23 heavy (non-hydrogen) atoms. The lowest BCUT2D eigenvalue weighted by Crippen LogP contribution is -2.15. The number of thioether (sulfide) groups is 1. The zero-order chi connectivity index (χ0) is 16.1. The second kappa shape index (κ2) is 7.19. The maximum atomic E-state index is 11.9. The quantitative estimate of drug-likeness (QED) is 0.938. The maximum absolute atomic E-state index is 11.9. The highest BCUT2D eigenvalue weighted by molar-refractivity contribution is 8.14. The van der Waals surface area contributed by atoms with Crippen molar-refractivity contribution in [3.8, 4) is 0 Å². The molecule has 2 aromatic rings. The number of para-hydroxylation sites is 1. The standard InChI is InChI=1S/C17H16N4OS/c1-12-7-8-14(18-10-12)15-9-17(21-20-15)23-11-16(22)19-13-5-3-2-4-6-13/h2-8,10H,9,11H2,1H3,(H,19,22). The fourth-order valence-corrected chi connectivity index (χ4v) is 2.76. The van der Waals surface area contributed by atoms with Crippen LogP contribution in [0.1, 0.15) is 17.7 Å². The zero-order valence-electron chi connectivity index (χ0n) is 12.7. The molecular formula is C17H16N4OS. The van der Waals surface area contributed by atoms with Crippen LogP contribution in [0.5, 0.6) is 0 Å². The van der Waals surface area contributed by atoms with Crippen LogP contribution in [0.2, 0.25) is 0 Å². The average molecular weight is 324 g/mol. The fourth-order valence-electron chi connectivity index (χ4n) is 2.06. The second-order valence-corrected chi connectivity index (χ2v) is 6.19. The van der Waals surface area contributed by atoms with Gasteiger partial charge in [-0.25, -0.2) is 0 Å². The number of aromatic nitrogens is 1. The van der Waals surface area contributed by atoms with E-state index in [1.165, 1.54) is 11.8 Å². The van der Waals surface area contributed by atoms with Crippen molar-refractivity contribution in [2.75, 3.05) is 11.1 Å². The molecule has 6 heteroatoms. The van der Waals surface area contributed by atoms with Gasteiger partial charge in [-0.05, 0) is 30.7 Å². The number of rotatable bonds is 4. The van der Waals surface area contributed by atoms with Gasteiger partial charge in [0.25, 0.3) is 0 Å². The largest absolute Gasteiger partial charge is 0.325 e. The molecule has 1 amide bonds. The normalized spacial score (nSPS) is 13.4. The van der Waals surface area contributed by atoms with Crippen LogP contribution in [-0.4, -0.2) is 27.4 Å². The Morgan fingerprint density at radius 3 is 2.74 bits per heavy atom. The molecule has 0 aliphatic carbocycles. The minimum Gasteiger partial charge on any atom is -0.325 e. The Hall–Kier alpha value is -2.47. The van der Waals surface area contributed by atoms with E-state index in [0.29, 0.717) is 12.2 Å². The number of nitrogens with one attached hydrogen (secondary N) is 1. The van der Waals surface area contributed by atoms with Gasteiger partial charge >= 0.3 is 0 Å². The minimum absolute atomic E-state index is 0.0502. The van der Waals surface area contributed by atoms with E-state index in [1.54, 1.807) is 0 Å². The van der Waals surface area contributed by atoms with E-state index in [4.69, 9.17) is 0 Å². The summed E-state index contributed by atoms with van der Waals surface area (Å²) in [6, 6.07) is 13.4. The number of benzene rings is 1. The molecule has 1 aromatic carbocycles. The third-order valence-corrected chi connectivity index (χ3v) is 4.20. The topological polar surface area (TPSA) is 66.7 Å². The van der Waals surface area contributed by atoms with E-state index < -0.39 is 0 Å². The first-order valence-corrected chi connectivity index (χ1v) is 8.23. The van der Waals surface area contributed by atoms with Crippen molar-refractivity contribution < 1.29 is 4.79 Å². The van der Waals surface area contributed by atoms with Crippen molar-refractivity contribution in [2.24, 2.45) is 10.2 Å². The molecule has 0 fully saturated rings. The molecule has 1 N–H and O–H groups in total. The summed E-state index contributed by atoms with van der Waals surface area (Å²) in [4.78, 5) is 16.3. The molecule has 0 spiro atoms. The van der Waals surface area contributed by atoms with E-state index in [9.17, 15) is 4.79 Å². The predicted octanol–water partition coefficient (Wildman–Crippen LogP) is 3.27. The Kier molecular flexibility index (Phi) is 4.83. The van der Waals surface area contributed by atoms with Gasteiger partial charge in [0.1, 0.15) is 5.04 Å². The third kappa shape index (κ3) is 4.26. The van der Waals surface area contributed by atoms with Crippen molar-refractivity contribution in [1.29, 1.82) is 0 Å². The van der Waals surface area contributed by atoms with Crippen LogP contribution >= 0.6 is 11.8 Å². The zero-order valence-corrected chi connectivity index (χ0v) is 13.5. The van der Waals surface area contributed by atoms with Crippen molar-refractivity contribution in [3.05, 3.63) is 59.9 Å². The van der Waals surface area contributed by atoms with Gasteiger partial charge in [0, 0.05) is 18.3 Å². The van der Waals surface area contributed by atoms with Gasteiger partial charge in [-0.1, -0.05) is 36.0 Å². The van der Waals surface area contributed by atoms with Gasteiger partial charge in [0.15, 0.2) is 0 Å². The first-order valence-electron chi connectivity index (χ1n) is 7.25. The average Bonchev–Trinajstić information content (AvgIpc) is 3.04. The smallest absolute Gasteiger partial charge is 0.234 e. The molecule has 5 nitrogen and oxygen atoms in total. The predicted molar refractivity (Wildman–Crippen MR) is 95.1 cm³/mol. The Labute approximate surface area is 138 Å². The molecule has 0 unspecified atom stereocenters. The molecule has 1 aromatic heterocycles. The van der Waals surface area contributed by atoms with E-state index in [-0.39, 0.29) is 5.91 Å². The van der Waals surface area contributed by atoms with E-state index in [1.807, 2.05) is 55.6 Å². The summed E-state index contributed by atoms with van der Waals surface area (Å²) < 4.78 is 0. The number of carbonyl (C=O) groups is 1. The third-order valence-electron chi connectivity index (χ3n) is 3.24. The van der Waals surface area contributed by atoms with Crippen LogP contribution in [0.15, 0.2) is 58.9 Å². The molecule has 0 radical (unpaired) electrons. The van der Waals surface area contributed by atoms with Crippen molar-refractivity contribution in [2.45, 2.75) is 13.3 Å². The van der Waals surface area contributed by atoms with Crippen molar-refractivity contribution >= 4 is 34.1 Å². The maximum Gasteiger partial charge on any atom is 0.234 e. The number of nitrogens with zero attached hydrogens (tertiary/aromatic N) is 3. The highest BCUT2D eigenvalue weighted by atomic mass is 32.2. The number of hydrogen-bond acceptors (Lipinski definition) is 5. The Balaban J connectivity index is 1.47. The van der Waals surface area contributed by atoms with Crippen LogP contribution in [-0.2, 0) is 4.79 Å². The lowest BCUT2D eigenvalue weighted by molar-refractivity contribution is -0.113. The Morgan fingerprint density at radius 2 is 2.00 bits per heavy atom. The second-order valence-electron chi connectivity index (χ2n) is 5.14. The summed E-state index contributed by atoms with van der Waals surface area (Å²) in [5.74, 6) is 0.267. The summed E-state index contributed by atoms with van der Waals surface area (Å²) in [7, 11) is 0. The minimum atomic E-state index is -0.0502. The lowest BCUT2D eigenvalue weighted by Gasteiger charge is -2.04. The van der Waals surface area contributed by atoms with E-state index in [2.05, 4.69) is 20.5 Å². The number of amides is 1. The summed E-state index contributed by atoms with van der Waals surface area (Å²) in [5.41, 5.74) is 3.59. The van der Waals surface area contributed by atoms with Crippen molar-refractivity contribution in [1.82, 2.24) is 4.98 Å². The molecule has 1 aliphatic rings. The van der Waals surface area contributed by atoms with Gasteiger partial charge in [0.2, 0.25) is 5.91 Å². The van der Waals surface area contributed by atoms with Gasteiger partial charge < -0.3 is 5.32 Å². The van der Waals surface area contributed by atoms with Gasteiger partial charge in [-0.2, -0.15) is 5.10 Å². The van der Waals surface area contributed by atoms with Crippen LogP contribution < -0.4 is 5.32 Å². The monoisotopic (exact) mass is 324 g/mol. The number of hydrogen-bond donors (Lipinski definition) is 1. The molecule has 0 atom stereocenters. The SMILES string of the molecule is Cc1ccc(C2=NN=C(SCC(=O)Nc3ccccc3)C2)nc1. The molecule has 2 heterocycles. The summed E-state index contributed by atoms with van der Waals surface area (Å²) in [6.45, 7) is 2.00. The summed E-state index contributed by atoms with van der Waals surface area (Å²) >= 11 is 1.41. The summed E-state index contributed by atoms with van der Waals surface area (Å²) in [6.07, 6.45) is 2.44. The molecule has 116 valence electrons. The van der Waals surface area contributed by atoms with Gasteiger partial charge in [0.05, 0.1) is 17.2 Å². The van der Waals surface area contributed by atoms with Crippen LogP contribution in [0.25, 0.3) is 0 Å². The number of aryl methyl sites for hydroxylation is 1. The van der Waals surface area contributed by atoms with Crippen LogP contribution in [0, 0.1) is 6.92 Å². The van der Waals surface area contributed by atoms with Gasteiger partial charge in [-0.3, -0.25) is 9.78 Å². The Bertz CT molecular complexity index is 754. The molecule has 0 bridgehead atoms. The first kappa shape index (κ1) is 15.4. The number of carbonyl (C=O) groups excluding carboxylic acids is 1. The van der Waals surface area contributed by atoms with Gasteiger partial charge in [-0.15, -0.1) is 5.10 Å². The van der Waals surface area contributed by atoms with Crippen molar-refractivity contribution in [3.63, 3.8) is 0 Å². The highest BCUT2D eigenvalue weighted by Crippen LogP contribution is 2.18. The summed E-state index contributed by atoms with van der Waals surface area (Å²) in [5, 5.41) is 12.0. The molecule has 0 saturated heterocycles. The van der Waals surface area contributed by atoms with Crippen LogP contribution in [0.3, 0.4) is 0 Å². The van der Waals surface area contributed by atoms with E-state index in [0.717, 1.165) is 27.7 Å². The molecule has 3 rings (SSSR count). The number of anilines is 1. The Morgan fingerprint density at radius 1 is 1.17 bits per heavy atom. The molecular weight excluding hydrogens is 308 g/mol. The number of pyridine rings is 1. The lowest BCUT2D eigenvalue weighted by atomic mass is 10.2. The van der Waals surface area contributed by atoms with Crippen LogP contribution in [0.4, 0.5) is 5.69 Å². The highest BCUT2D eigenvalue weighted by Gasteiger charge is 2.17. The fraction of sp³-hybridized carbons (Fsp3) is 0.176. The molecule has 1 aliphatic heterocycles.